The fraction of sp³-hybridized carbons (Fsp3) is 0.385. The number of sulfonamides is 1. The molecule has 186 valence electrons. The molecule has 3 heterocycles. The molecule has 8 nitrogen and oxygen atoms in total. The number of fused-ring (bicyclic) bond motifs is 1. The summed E-state index contributed by atoms with van der Waals surface area (Å²) >= 11 is 0. The summed E-state index contributed by atoms with van der Waals surface area (Å²) in [7, 11) is -3.70. The summed E-state index contributed by atoms with van der Waals surface area (Å²) in [6, 6.07) is 10.6. The van der Waals surface area contributed by atoms with E-state index in [9.17, 15) is 8.42 Å². The molecule has 0 bridgehead atoms. The molecule has 0 amide bonds. The number of pyridine rings is 2. The normalized spacial score (nSPS) is 15.3. The first kappa shape index (κ1) is 25.1. The van der Waals surface area contributed by atoms with Crippen molar-refractivity contribution in [3.05, 3.63) is 65.6 Å². The Morgan fingerprint density at radius 2 is 1.80 bits per heavy atom. The van der Waals surface area contributed by atoms with Crippen molar-refractivity contribution in [2.45, 2.75) is 70.9 Å². The second-order valence-electron chi connectivity index (χ2n) is 10.1. The first-order valence-corrected chi connectivity index (χ1v) is 13.0. The summed E-state index contributed by atoms with van der Waals surface area (Å²) in [5, 5.41) is 3.31. The van der Waals surface area contributed by atoms with Crippen LogP contribution in [0.3, 0.4) is 0 Å². The van der Waals surface area contributed by atoms with Crippen LogP contribution in [0, 0.1) is 6.92 Å². The maximum atomic E-state index is 13.0. The zero-order chi connectivity index (χ0) is 25.4. The third kappa shape index (κ3) is 5.80. The zero-order valence-electron chi connectivity index (χ0n) is 21.0. The van der Waals surface area contributed by atoms with Crippen LogP contribution in [0.4, 0.5) is 5.82 Å². The van der Waals surface area contributed by atoms with E-state index in [4.69, 9.17) is 9.47 Å². The smallest absolute Gasteiger partial charge is 0.241 e. The third-order valence-electron chi connectivity index (χ3n) is 5.47. The van der Waals surface area contributed by atoms with Crippen LogP contribution in [0.5, 0.6) is 5.75 Å². The minimum absolute atomic E-state index is 0.220. The number of ether oxygens (including phenoxy) is 2. The topological polar surface area (TPSA) is 102 Å². The van der Waals surface area contributed by atoms with Gasteiger partial charge < -0.3 is 14.8 Å². The third-order valence-corrected chi connectivity index (χ3v) is 7.28. The summed E-state index contributed by atoms with van der Waals surface area (Å²) in [5.41, 5.74) is 3.49. The quantitative estimate of drug-likeness (QED) is 0.506. The zero-order valence-corrected chi connectivity index (χ0v) is 21.8. The molecule has 0 unspecified atom stereocenters. The molecule has 2 N–H and O–H groups in total. The maximum absolute atomic E-state index is 13.0. The monoisotopic (exact) mass is 496 g/mol. The Morgan fingerprint density at radius 1 is 1.06 bits per heavy atom. The standard InChI is InChI=1S/C26H32N4O4S/c1-17-24-21(16-33-26(5,6)34-24)19(14-27-17)15-29-23-12-11-18(13-28-23)20-9-7-8-10-22(20)35(31,32)30-25(2,3)4/h7-14,30H,15-16H2,1-6H3,(H,28,29). The van der Waals surface area contributed by atoms with Gasteiger partial charge in [-0.2, -0.15) is 0 Å². The second-order valence-corrected chi connectivity index (χ2v) is 11.8. The number of hydrogen-bond donors (Lipinski definition) is 2. The van der Waals surface area contributed by atoms with Crippen LogP contribution in [0.25, 0.3) is 11.1 Å². The molecule has 0 aliphatic carbocycles. The predicted molar refractivity (Wildman–Crippen MR) is 136 cm³/mol. The highest BCUT2D eigenvalue weighted by atomic mass is 32.2. The van der Waals surface area contributed by atoms with Crippen molar-refractivity contribution in [3.63, 3.8) is 0 Å². The van der Waals surface area contributed by atoms with Gasteiger partial charge in [0, 0.05) is 55.0 Å². The van der Waals surface area contributed by atoms with Gasteiger partial charge in [-0.25, -0.2) is 18.1 Å². The van der Waals surface area contributed by atoms with Gasteiger partial charge in [-0.05, 0) is 51.5 Å². The van der Waals surface area contributed by atoms with Crippen molar-refractivity contribution < 1.29 is 17.9 Å². The number of nitrogens with zero attached hydrogens (tertiary/aromatic N) is 2. The Bertz CT molecular complexity index is 1330. The molecular weight excluding hydrogens is 464 g/mol. The van der Waals surface area contributed by atoms with Gasteiger partial charge in [-0.1, -0.05) is 18.2 Å². The first-order chi connectivity index (χ1) is 16.3. The highest BCUT2D eigenvalue weighted by Crippen LogP contribution is 2.35. The van der Waals surface area contributed by atoms with E-state index in [0.717, 1.165) is 22.6 Å². The fourth-order valence-electron chi connectivity index (χ4n) is 3.88. The number of benzene rings is 1. The Hall–Kier alpha value is -3.01. The van der Waals surface area contributed by atoms with Crippen LogP contribution in [0.15, 0.2) is 53.7 Å². The van der Waals surface area contributed by atoms with Crippen LogP contribution in [-0.2, 0) is 27.9 Å². The lowest BCUT2D eigenvalue weighted by molar-refractivity contribution is -0.180. The van der Waals surface area contributed by atoms with Gasteiger partial charge in [0.15, 0.2) is 0 Å². The molecule has 0 fully saturated rings. The maximum Gasteiger partial charge on any atom is 0.241 e. The number of aryl methyl sites for hydroxylation is 1. The van der Waals surface area contributed by atoms with E-state index in [-0.39, 0.29) is 4.90 Å². The number of anilines is 1. The van der Waals surface area contributed by atoms with E-state index >= 15 is 0 Å². The van der Waals surface area contributed by atoms with Crippen LogP contribution in [0.2, 0.25) is 0 Å². The van der Waals surface area contributed by atoms with Crippen molar-refractivity contribution in [2.24, 2.45) is 0 Å². The van der Waals surface area contributed by atoms with E-state index in [1.54, 1.807) is 24.4 Å². The van der Waals surface area contributed by atoms with Gasteiger partial charge in [0.1, 0.15) is 11.6 Å². The minimum Gasteiger partial charge on any atom is -0.461 e. The number of aromatic nitrogens is 2. The molecule has 9 heteroatoms. The lowest BCUT2D eigenvalue weighted by Crippen LogP contribution is -2.40. The lowest BCUT2D eigenvalue weighted by atomic mass is 10.1. The molecule has 2 aromatic heterocycles. The first-order valence-electron chi connectivity index (χ1n) is 11.5. The fourth-order valence-corrected chi connectivity index (χ4v) is 5.53. The Kier molecular flexibility index (Phi) is 6.61. The van der Waals surface area contributed by atoms with Crippen LogP contribution < -0.4 is 14.8 Å². The molecule has 35 heavy (non-hydrogen) atoms. The van der Waals surface area contributed by atoms with Gasteiger partial charge in [0.25, 0.3) is 0 Å². The molecule has 0 spiro atoms. The van der Waals surface area contributed by atoms with Crippen molar-refractivity contribution in [1.82, 2.24) is 14.7 Å². The Morgan fingerprint density at radius 3 is 2.49 bits per heavy atom. The number of nitrogens with one attached hydrogen (secondary N) is 2. The van der Waals surface area contributed by atoms with Crippen molar-refractivity contribution in [2.75, 3.05) is 5.32 Å². The van der Waals surface area contributed by atoms with E-state index in [1.807, 2.05) is 65.9 Å². The van der Waals surface area contributed by atoms with Gasteiger partial charge in [0.05, 0.1) is 17.2 Å². The molecule has 3 aromatic rings. The van der Waals surface area contributed by atoms with Crippen LogP contribution in [-0.4, -0.2) is 29.7 Å². The molecule has 0 saturated heterocycles. The van der Waals surface area contributed by atoms with Gasteiger partial charge in [-0.15, -0.1) is 0 Å². The second kappa shape index (κ2) is 9.22. The highest BCUT2D eigenvalue weighted by Gasteiger charge is 2.30. The minimum atomic E-state index is -3.70. The predicted octanol–water partition coefficient (Wildman–Crippen LogP) is 4.79. The molecule has 0 radical (unpaired) electrons. The average Bonchev–Trinajstić information content (AvgIpc) is 2.77. The molecule has 0 saturated carbocycles. The summed E-state index contributed by atoms with van der Waals surface area (Å²) in [5.74, 6) is 0.745. The number of rotatable bonds is 6. The molecule has 1 aliphatic heterocycles. The molecule has 0 atom stereocenters. The number of hydrogen-bond acceptors (Lipinski definition) is 7. The summed E-state index contributed by atoms with van der Waals surface area (Å²) in [6.07, 6.45) is 3.50. The lowest BCUT2D eigenvalue weighted by Gasteiger charge is -2.34. The molecule has 4 rings (SSSR count). The van der Waals surface area contributed by atoms with Crippen molar-refractivity contribution >= 4 is 15.8 Å². The van der Waals surface area contributed by atoms with E-state index in [1.165, 1.54) is 0 Å². The molecule has 1 aliphatic rings. The van der Waals surface area contributed by atoms with Crippen molar-refractivity contribution in [1.29, 1.82) is 0 Å². The van der Waals surface area contributed by atoms with Crippen LogP contribution in [0.1, 0.15) is 51.4 Å². The van der Waals surface area contributed by atoms with Gasteiger partial charge in [0.2, 0.25) is 15.8 Å². The summed E-state index contributed by atoms with van der Waals surface area (Å²) in [4.78, 5) is 9.21. The highest BCUT2D eigenvalue weighted by molar-refractivity contribution is 7.89. The van der Waals surface area contributed by atoms with E-state index in [0.29, 0.717) is 30.1 Å². The summed E-state index contributed by atoms with van der Waals surface area (Å²) in [6.45, 7) is 12.1. The van der Waals surface area contributed by atoms with E-state index in [2.05, 4.69) is 20.0 Å². The SMILES string of the molecule is Cc1ncc(CNc2ccc(-c3ccccc3S(=O)(=O)NC(C)(C)C)cn2)c2c1OC(C)(C)OC2. The summed E-state index contributed by atoms with van der Waals surface area (Å²) < 4.78 is 40.5. The average molecular weight is 497 g/mol. The Labute approximate surface area is 207 Å². The van der Waals surface area contributed by atoms with Crippen molar-refractivity contribution in [3.8, 4) is 16.9 Å². The van der Waals surface area contributed by atoms with Gasteiger partial charge >= 0.3 is 0 Å². The molecular formula is C26H32N4O4S. The Balaban J connectivity index is 1.54. The van der Waals surface area contributed by atoms with Gasteiger partial charge in [-0.3, -0.25) is 4.98 Å². The van der Waals surface area contributed by atoms with Crippen LogP contribution >= 0.6 is 0 Å². The molecule has 1 aromatic carbocycles. The van der Waals surface area contributed by atoms with E-state index < -0.39 is 21.3 Å². The largest absolute Gasteiger partial charge is 0.461 e.